The molecule has 1 aromatic rings. The summed E-state index contributed by atoms with van der Waals surface area (Å²) >= 11 is 0. The third kappa shape index (κ3) is 4.00. The van der Waals surface area contributed by atoms with Gasteiger partial charge in [-0.25, -0.2) is 14.8 Å². The Labute approximate surface area is 152 Å². The molecule has 2 aliphatic rings. The van der Waals surface area contributed by atoms with Gasteiger partial charge >= 0.3 is 5.97 Å². The van der Waals surface area contributed by atoms with Gasteiger partial charge in [0.15, 0.2) is 5.69 Å². The van der Waals surface area contributed by atoms with Crippen LogP contribution < -0.4 is 0 Å². The molecular formula is C18H24N4O4. The first-order valence-corrected chi connectivity index (χ1v) is 9.09. The summed E-state index contributed by atoms with van der Waals surface area (Å²) in [5.41, 5.74) is -0.0637. The van der Waals surface area contributed by atoms with Crippen molar-refractivity contribution in [1.29, 1.82) is 0 Å². The third-order valence-electron chi connectivity index (χ3n) is 5.19. The second-order valence-electron chi connectivity index (χ2n) is 7.19. The van der Waals surface area contributed by atoms with Crippen molar-refractivity contribution in [3.05, 3.63) is 23.8 Å². The molecule has 0 saturated carbocycles. The van der Waals surface area contributed by atoms with Crippen LogP contribution >= 0.6 is 0 Å². The van der Waals surface area contributed by atoms with Crippen molar-refractivity contribution in [3.8, 4) is 0 Å². The number of nitrogens with zero attached hydrogens (tertiary/aromatic N) is 4. The molecule has 2 fully saturated rings. The summed E-state index contributed by atoms with van der Waals surface area (Å²) in [5.74, 6) is -0.699. The van der Waals surface area contributed by atoms with Gasteiger partial charge in [-0.05, 0) is 31.6 Å². The van der Waals surface area contributed by atoms with E-state index in [4.69, 9.17) is 5.11 Å². The molecule has 8 heteroatoms. The smallest absolute Gasteiger partial charge is 0.356 e. The zero-order chi connectivity index (χ0) is 18.7. The summed E-state index contributed by atoms with van der Waals surface area (Å²) in [7, 11) is 0. The van der Waals surface area contributed by atoms with E-state index >= 15 is 0 Å². The van der Waals surface area contributed by atoms with Gasteiger partial charge in [0.25, 0.3) is 5.91 Å². The molecule has 3 heterocycles. The van der Waals surface area contributed by atoms with E-state index in [0.29, 0.717) is 31.8 Å². The number of carbonyl (C=O) groups is 3. The number of amides is 2. The normalized spacial score (nSPS) is 21.5. The summed E-state index contributed by atoms with van der Waals surface area (Å²) in [6.07, 6.45) is 5.82. The molecule has 140 valence electrons. The summed E-state index contributed by atoms with van der Waals surface area (Å²) in [4.78, 5) is 47.2. The molecule has 1 N–H and O–H groups in total. The van der Waals surface area contributed by atoms with Gasteiger partial charge in [-0.3, -0.25) is 9.59 Å². The fourth-order valence-corrected chi connectivity index (χ4v) is 3.69. The average molecular weight is 360 g/mol. The molecule has 8 nitrogen and oxygen atoms in total. The first-order chi connectivity index (χ1) is 12.5. The Balaban J connectivity index is 1.55. The zero-order valence-electron chi connectivity index (χ0n) is 14.9. The van der Waals surface area contributed by atoms with Crippen molar-refractivity contribution in [3.63, 3.8) is 0 Å². The number of carboxylic acid groups (broad SMARTS) is 1. The number of aromatic nitrogens is 2. The van der Waals surface area contributed by atoms with Gasteiger partial charge in [-0.15, -0.1) is 0 Å². The molecule has 1 aromatic heterocycles. The van der Waals surface area contributed by atoms with Crippen LogP contribution in [0.25, 0.3) is 0 Å². The van der Waals surface area contributed by atoms with Crippen LogP contribution in [0.4, 0.5) is 0 Å². The van der Waals surface area contributed by atoms with Crippen LogP contribution in [0, 0.1) is 11.8 Å². The van der Waals surface area contributed by atoms with Crippen LogP contribution in [0.15, 0.2) is 12.4 Å². The first kappa shape index (κ1) is 18.3. The number of piperidine rings is 2. The number of hydrogen-bond donors (Lipinski definition) is 1. The summed E-state index contributed by atoms with van der Waals surface area (Å²) < 4.78 is 0. The van der Waals surface area contributed by atoms with Gasteiger partial charge in [-0.2, -0.15) is 0 Å². The number of likely N-dealkylation sites (tertiary alicyclic amines) is 2. The highest BCUT2D eigenvalue weighted by molar-refractivity contribution is 5.93. The largest absolute Gasteiger partial charge is 0.476 e. The predicted octanol–water partition coefficient (Wildman–Crippen LogP) is 1.29. The summed E-state index contributed by atoms with van der Waals surface area (Å²) in [6.45, 7) is 4.86. The molecule has 3 rings (SSSR count). The standard InChI is InChI=1S/C18H24N4O4/c1-12-3-2-6-22(11-12)16(23)13-4-7-21(8-5-13)17(24)14-9-20-15(10-19-14)18(25)26/h9-10,12-13H,2-8,11H2,1H3,(H,25,26). The van der Waals surface area contributed by atoms with E-state index in [1.165, 1.54) is 12.6 Å². The highest BCUT2D eigenvalue weighted by Crippen LogP contribution is 2.24. The lowest BCUT2D eigenvalue weighted by molar-refractivity contribution is -0.138. The molecule has 0 bridgehead atoms. The van der Waals surface area contributed by atoms with Crippen LogP contribution in [0.5, 0.6) is 0 Å². The van der Waals surface area contributed by atoms with Gasteiger partial charge in [0.1, 0.15) is 5.69 Å². The first-order valence-electron chi connectivity index (χ1n) is 9.09. The molecule has 2 saturated heterocycles. The Hall–Kier alpha value is -2.51. The summed E-state index contributed by atoms with van der Waals surface area (Å²) in [5, 5.41) is 8.83. The number of hydrogen-bond acceptors (Lipinski definition) is 5. The number of rotatable bonds is 3. The fraction of sp³-hybridized carbons (Fsp3) is 0.611. The minimum Gasteiger partial charge on any atom is -0.476 e. The minimum atomic E-state index is -1.18. The third-order valence-corrected chi connectivity index (χ3v) is 5.19. The summed E-state index contributed by atoms with van der Waals surface area (Å²) in [6, 6.07) is 0. The Bertz CT molecular complexity index is 683. The molecule has 2 aliphatic heterocycles. The van der Waals surface area contributed by atoms with Crippen molar-refractivity contribution in [1.82, 2.24) is 19.8 Å². The maximum Gasteiger partial charge on any atom is 0.356 e. The SMILES string of the molecule is CC1CCCN(C(=O)C2CCN(C(=O)c3cnc(C(=O)O)cn3)CC2)C1. The lowest BCUT2D eigenvalue weighted by Gasteiger charge is -2.37. The Kier molecular flexibility index (Phi) is 5.49. The molecule has 26 heavy (non-hydrogen) atoms. The van der Waals surface area contributed by atoms with E-state index in [-0.39, 0.29) is 29.1 Å². The van der Waals surface area contributed by atoms with E-state index in [1.807, 2.05) is 4.90 Å². The molecule has 1 atom stereocenters. The molecule has 0 radical (unpaired) electrons. The molecule has 0 aromatic carbocycles. The van der Waals surface area contributed by atoms with Crippen LogP contribution in [0.1, 0.15) is 53.6 Å². The average Bonchev–Trinajstić information content (AvgIpc) is 2.67. The number of carbonyl (C=O) groups excluding carboxylic acids is 2. The van der Waals surface area contributed by atoms with Crippen LogP contribution in [0.2, 0.25) is 0 Å². The van der Waals surface area contributed by atoms with E-state index in [9.17, 15) is 14.4 Å². The number of aromatic carboxylic acids is 1. The molecule has 1 unspecified atom stereocenters. The molecule has 0 spiro atoms. The van der Waals surface area contributed by atoms with E-state index in [2.05, 4.69) is 16.9 Å². The molecule has 0 aliphatic carbocycles. The Morgan fingerprint density at radius 2 is 1.65 bits per heavy atom. The molecular weight excluding hydrogens is 336 g/mol. The van der Waals surface area contributed by atoms with Gasteiger partial charge in [-0.1, -0.05) is 6.92 Å². The predicted molar refractivity (Wildman–Crippen MR) is 92.6 cm³/mol. The van der Waals surface area contributed by atoms with Crippen LogP contribution in [0.3, 0.4) is 0 Å². The van der Waals surface area contributed by atoms with Crippen molar-refractivity contribution in [2.75, 3.05) is 26.2 Å². The Morgan fingerprint density at radius 1 is 1.00 bits per heavy atom. The van der Waals surface area contributed by atoms with Gasteiger partial charge in [0, 0.05) is 32.1 Å². The highest BCUT2D eigenvalue weighted by atomic mass is 16.4. The minimum absolute atomic E-state index is 0.0233. The van der Waals surface area contributed by atoms with Gasteiger partial charge in [0.05, 0.1) is 12.4 Å². The van der Waals surface area contributed by atoms with Crippen molar-refractivity contribution >= 4 is 17.8 Å². The maximum absolute atomic E-state index is 12.7. The van der Waals surface area contributed by atoms with Gasteiger partial charge < -0.3 is 14.9 Å². The van der Waals surface area contributed by atoms with Crippen molar-refractivity contribution in [2.24, 2.45) is 11.8 Å². The number of carboxylic acids is 1. The van der Waals surface area contributed by atoms with E-state index in [0.717, 1.165) is 25.7 Å². The monoisotopic (exact) mass is 360 g/mol. The quantitative estimate of drug-likeness (QED) is 0.871. The van der Waals surface area contributed by atoms with Gasteiger partial charge in [0.2, 0.25) is 5.91 Å². The Morgan fingerprint density at radius 3 is 2.23 bits per heavy atom. The van der Waals surface area contributed by atoms with Crippen LogP contribution in [-0.2, 0) is 4.79 Å². The molecule has 2 amide bonds. The van der Waals surface area contributed by atoms with Crippen LogP contribution in [-0.4, -0.2) is 68.8 Å². The topological polar surface area (TPSA) is 104 Å². The lowest BCUT2D eigenvalue weighted by atomic mass is 9.92. The zero-order valence-corrected chi connectivity index (χ0v) is 14.9. The van der Waals surface area contributed by atoms with Crippen molar-refractivity contribution < 1.29 is 19.5 Å². The van der Waals surface area contributed by atoms with Crippen molar-refractivity contribution in [2.45, 2.75) is 32.6 Å². The second kappa shape index (κ2) is 7.80. The second-order valence-corrected chi connectivity index (χ2v) is 7.19. The highest BCUT2D eigenvalue weighted by Gasteiger charge is 2.32. The maximum atomic E-state index is 12.7. The fourth-order valence-electron chi connectivity index (χ4n) is 3.69. The van der Waals surface area contributed by atoms with E-state index in [1.54, 1.807) is 4.90 Å². The lowest BCUT2D eigenvalue weighted by Crippen LogP contribution is -2.47. The van der Waals surface area contributed by atoms with E-state index < -0.39 is 5.97 Å².